The third kappa shape index (κ3) is 8.10. The second kappa shape index (κ2) is 16.7. The monoisotopic (exact) mass is 776 g/mol. The summed E-state index contributed by atoms with van der Waals surface area (Å²) in [5.41, 5.74) is 4.19. The van der Waals surface area contributed by atoms with E-state index in [4.69, 9.17) is 4.74 Å². The van der Waals surface area contributed by atoms with Gasteiger partial charge >= 0.3 is 5.97 Å². The Morgan fingerprint density at radius 1 is 1.04 bits per heavy atom. The van der Waals surface area contributed by atoms with Crippen LogP contribution in [0.25, 0.3) is 21.9 Å². The van der Waals surface area contributed by atoms with Crippen LogP contribution < -0.4 is 10.9 Å². The minimum atomic E-state index is -1.57. The lowest BCUT2D eigenvalue weighted by atomic mass is 9.61. The van der Waals surface area contributed by atoms with Gasteiger partial charge in [-0.3, -0.25) is 4.79 Å². The molecule has 1 spiro atoms. The van der Waals surface area contributed by atoms with E-state index in [9.17, 15) is 24.9 Å². The number of benzene rings is 3. The summed E-state index contributed by atoms with van der Waals surface area (Å²) in [7, 11) is 0. The van der Waals surface area contributed by atoms with Crippen molar-refractivity contribution in [1.29, 1.82) is 0 Å². The van der Waals surface area contributed by atoms with E-state index in [0.717, 1.165) is 113 Å². The van der Waals surface area contributed by atoms with Crippen molar-refractivity contribution < 1.29 is 24.9 Å². The first-order valence-corrected chi connectivity index (χ1v) is 21.0. The van der Waals surface area contributed by atoms with Crippen molar-refractivity contribution in [3.05, 3.63) is 99.3 Å². The summed E-state index contributed by atoms with van der Waals surface area (Å²) in [5.74, 6) is -0.594. The van der Waals surface area contributed by atoms with E-state index in [1.807, 2.05) is 35.0 Å². The Balaban J connectivity index is 0.812. The van der Waals surface area contributed by atoms with Gasteiger partial charge in [-0.1, -0.05) is 67.8 Å². The zero-order chi connectivity index (χ0) is 39.6. The average Bonchev–Trinajstić information content (AvgIpc) is 3.89. The number of hydrogen-bond donors (Lipinski definition) is 5. The predicted molar refractivity (Wildman–Crippen MR) is 219 cm³/mol. The lowest BCUT2D eigenvalue weighted by Crippen LogP contribution is -2.52. The van der Waals surface area contributed by atoms with E-state index in [2.05, 4.69) is 44.6 Å². The molecule has 12 heteroatoms. The number of pyridine rings is 1. The van der Waals surface area contributed by atoms with Gasteiger partial charge in [0.1, 0.15) is 17.4 Å². The predicted octanol–water partition coefficient (Wildman–Crippen LogP) is 6.01. The number of aryl methyl sites for hydroxylation is 2. The topological polar surface area (TPSA) is 166 Å². The SMILES string of the molecule is CCCc1cc2c(cc1CNC[C@H](O)c1ccc(O)c3[nH]c(=O)ccc13)nnn2CCCN1CCC2(CC1)CC(OC(=O)C(O)(c1ccccc1)C1CCCC1)C2. The first-order valence-electron chi connectivity index (χ1n) is 21.0. The number of aliphatic hydroxyl groups is 2. The van der Waals surface area contributed by atoms with Gasteiger partial charge in [-0.2, -0.15) is 0 Å². The number of phenolic OH excluding ortho intramolecular Hbond substituents is 1. The third-order valence-corrected chi connectivity index (χ3v) is 13.1. The molecule has 57 heavy (non-hydrogen) atoms. The number of carbonyl (C=O) groups excluding carboxylic acids is 1. The number of phenols is 1. The number of ether oxygens (including phenoxy) is 1. The summed E-state index contributed by atoms with van der Waals surface area (Å²) >= 11 is 0. The smallest absolute Gasteiger partial charge is 0.343 e. The van der Waals surface area contributed by atoms with Gasteiger partial charge in [-0.25, -0.2) is 9.48 Å². The number of H-pyrrole nitrogens is 1. The van der Waals surface area contributed by atoms with E-state index >= 15 is 0 Å². The van der Waals surface area contributed by atoms with Crippen molar-refractivity contribution >= 4 is 27.9 Å². The second-order valence-corrected chi connectivity index (χ2v) is 16.8. The fourth-order valence-electron chi connectivity index (χ4n) is 9.83. The Bertz CT molecular complexity index is 2230. The van der Waals surface area contributed by atoms with E-state index < -0.39 is 17.7 Å². The van der Waals surface area contributed by atoms with Crippen molar-refractivity contribution in [1.82, 2.24) is 30.2 Å². The Labute approximate surface area is 333 Å². The molecule has 3 fully saturated rings. The van der Waals surface area contributed by atoms with E-state index in [-0.39, 0.29) is 28.7 Å². The van der Waals surface area contributed by atoms with Gasteiger partial charge in [0.15, 0.2) is 5.60 Å². The van der Waals surface area contributed by atoms with Gasteiger partial charge in [0.25, 0.3) is 0 Å². The standard InChI is InChI=1S/C45H56N6O6/c1-2-9-30-25-38-37(24-31(30)28-46-29-40(53)35-14-16-39(52)42-36(35)15-17-41(54)47-42)48-49-51(38)21-8-20-50-22-18-44(19-23-50)26-34(27-44)57-43(55)45(56,33-12-6-7-13-33)32-10-4-3-5-11-32/h3-5,10-11,14-17,24-25,33-34,40,46,52-53,56H,2,6-9,12-13,18-23,26-29H2,1H3,(H,47,54)/t40-,45?/m0/s1. The molecule has 1 saturated heterocycles. The number of aromatic hydroxyl groups is 1. The first kappa shape index (κ1) is 39.2. The van der Waals surface area contributed by atoms with Crippen LogP contribution in [0.5, 0.6) is 5.75 Å². The molecule has 1 aliphatic heterocycles. The normalized spacial score (nSPS) is 19.2. The maximum atomic E-state index is 13.6. The number of piperidine rings is 1. The largest absolute Gasteiger partial charge is 0.506 e. The van der Waals surface area contributed by atoms with E-state index in [0.29, 0.717) is 35.1 Å². The highest BCUT2D eigenvalue weighted by Gasteiger charge is 2.52. The van der Waals surface area contributed by atoms with Crippen molar-refractivity contribution in [3.63, 3.8) is 0 Å². The highest BCUT2D eigenvalue weighted by Crippen LogP contribution is 2.51. The van der Waals surface area contributed by atoms with Crippen molar-refractivity contribution in [3.8, 4) is 5.75 Å². The summed E-state index contributed by atoms with van der Waals surface area (Å²) < 4.78 is 8.08. The number of rotatable bonds is 15. The molecule has 2 aromatic heterocycles. The Hall–Kier alpha value is -4.62. The fourth-order valence-corrected chi connectivity index (χ4v) is 9.83. The number of aromatic nitrogens is 4. The molecule has 1 unspecified atom stereocenters. The molecule has 2 atom stereocenters. The fraction of sp³-hybridized carbons (Fsp3) is 0.511. The van der Waals surface area contributed by atoms with Crippen LogP contribution in [-0.2, 0) is 34.6 Å². The highest BCUT2D eigenvalue weighted by atomic mass is 16.6. The number of aromatic amines is 1. The molecule has 3 aliphatic rings. The molecule has 2 saturated carbocycles. The lowest BCUT2D eigenvalue weighted by Gasteiger charge is -2.52. The number of hydrogen-bond acceptors (Lipinski definition) is 10. The second-order valence-electron chi connectivity index (χ2n) is 16.8. The van der Waals surface area contributed by atoms with Gasteiger partial charge < -0.3 is 35.3 Å². The maximum Gasteiger partial charge on any atom is 0.343 e. The number of aliphatic hydroxyl groups excluding tert-OH is 1. The lowest BCUT2D eigenvalue weighted by molar-refractivity contribution is -0.192. The quantitative estimate of drug-likeness (QED) is 0.0796. The number of nitrogens with zero attached hydrogens (tertiary/aromatic N) is 4. The molecule has 2 aliphatic carbocycles. The first-order chi connectivity index (χ1) is 27.7. The Kier molecular flexibility index (Phi) is 11.5. The average molecular weight is 777 g/mol. The molecular formula is C45H56N6O6. The van der Waals surface area contributed by atoms with Crippen LogP contribution in [0.2, 0.25) is 0 Å². The molecule has 3 heterocycles. The Morgan fingerprint density at radius 3 is 2.56 bits per heavy atom. The van der Waals surface area contributed by atoms with Crippen LogP contribution in [0.1, 0.15) is 99.5 Å². The maximum absolute atomic E-state index is 13.6. The van der Waals surface area contributed by atoms with Crippen molar-refractivity contribution in [2.75, 3.05) is 26.2 Å². The number of esters is 1. The van der Waals surface area contributed by atoms with E-state index in [1.54, 1.807) is 12.1 Å². The van der Waals surface area contributed by atoms with Crippen LogP contribution in [0, 0.1) is 11.3 Å². The number of carbonyl (C=O) groups is 1. The van der Waals surface area contributed by atoms with Gasteiger partial charge in [0, 0.05) is 37.0 Å². The summed E-state index contributed by atoms with van der Waals surface area (Å²) in [6.07, 6.45) is 9.63. The summed E-state index contributed by atoms with van der Waals surface area (Å²) in [6.45, 7) is 6.84. The number of fused-ring (bicyclic) bond motifs is 2. The number of likely N-dealkylation sites (tertiary alicyclic amines) is 1. The van der Waals surface area contributed by atoms with E-state index in [1.165, 1.54) is 17.7 Å². The number of nitrogens with one attached hydrogen (secondary N) is 2. The van der Waals surface area contributed by atoms with Crippen LogP contribution in [0.15, 0.2) is 71.5 Å². The minimum Gasteiger partial charge on any atom is -0.506 e. The van der Waals surface area contributed by atoms with Gasteiger partial charge in [0.2, 0.25) is 5.56 Å². The zero-order valence-corrected chi connectivity index (χ0v) is 33.0. The molecule has 302 valence electrons. The van der Waals surface area contributed by atoms with Crippen LogP contribution >= 0.6 is 0 Å². The molecule has 0 bridgehead atoms. The summed E-state index contributed by atoms with van der Waals surface area (Å²) in [5, 5.41) is 46.2. The molecule has 0 radical (unpaired) electrons. The third-order valence-electron chi connectivity index (χ3n) is 13.1. The molecule has 5 N–H and O–H groups in total. The van der Waals surface area contributed by atoms with Crippen LogP contribution in [0.4, 0.5) is 0 Å². The molecule has 0 amide bonds. The van der Waals surface area contributed by atoms with Gasteiger partial charge in [-0.15, -0.1) is 5.10 Å². The van der Waals surface area contributed by atoms with Gasteiger partial charge in [-0.05, 0) is 123 Å². The summed E-state index contributed by atoms with van der Waals surface area (Å²) in [6, 6.07) is 19.9. The summed E-state index contributed by atoms with van der Waals surface area (Å²) in [4.78, 5) is 30.6. The molecular weight excluding hydrogens is 721 g/mol. The van der Waals surface area contributed by atoms with Crippen molar-refractivity contribution in [2.24, 2.45) is 11.3 Å². The Morgan fingerprint density at radius 2 is 1.81 bits per heavy atom. The highest BCUT2D eigenvalue weighted by molar-refractivity contribution is 5.87. The minimum absolute atomic E-state index is 0.0316. The zero-order valence-electron chi connectivity index (χ0n) is 33.0. The van der Waals surface area contributed by atoms with Gasteiger partial charge in [0.05, 0.1) is 17.1 Å². The van der Waals surface area contributed by atoms with Crippen LogP contribution in [0.3, 0.4) is 0 Å². The molecule has 3 aromatic carbocycles. The molecule has 12 nitrogen and oxygen atoms in total. The van der Waals surface area contributed by atoms with Crippen molar-refractivity contribution in [2.45, 2.75) is 108 Å². The van der Waals surface area contributed by atoms with Crippen LogP contribution in [-0.4, -0.2) is 78.4 Å². The molecule has 8 rings (SSSR count). The molecule has 5 aromatic rings.